The van der Waals surface area contributed by atoms with Crippen LogP contribution in [-0.4, -0.2) is 6.54 Å². The van der Waals surface area contributed by atoms with Crippen molar-refractivity contribution in [3.05, 3.63) is 0 Å². The molecule has 0 heterocycles. The molecule has 1 rings (SSSR count). The van der Waals surface area contributed by atoms with Crippen molar-refractivity contribution in [2.45, 2.75) is 6.42 Å². The molecular weight excluding hydrogens is 124 g/mol. The first-order valence-corrected chi connectivity index (χ1v) is 2.48. The van der Waals surface area contributed by atoms with E-state index in [1.54, 1.807) is 0 Å². The number of halogens is 1. The van der Waals surface area contributed by atoms with Crippen molar-refractivity contribution in [3.63, 3.8) is 0 Å². The lowest BCUT2D eigenvalue weighted by atomic mass is 10.3. The lowest BCUT2D eigenvalue weighted by molar-refractivity contribution is 0.804. The largest absolute Gasteiger partial charge is 0.330 e. The summed E-state index contributed by atoms with van der Waals surface area (Å²) in [7, 11) is 0. The van der Waals surface area contributed by atoms with Crippen LogP contribution in [0.15, 0.2) is 0 Å². The first-order chi connectivity index (χ1) is 3.38. The van der Waals surface area contributed by atoms with Gasteiger partial charge in [0.05, 0.1) is 12.0 Å². The molecule has 0 radical (unpaired) electrons. The Morgan fingerprint density at radius 2 is 2.38 bits per heavy atom. The fourth-order valence-corrected chi connectivity index (χ4v) is 0.666. The van der Waals surface area contributed by atoms with Crippen molar-refractivity contribution in [1.82, 2.24) is 0 Å². The third kappa shape index (κ3) is 1.36. The second kappa shape index (κ2) is 2.91. The molecule has 3 heteroatoms. The molecular formula is C5H9ClN2. The van der Waals surface area contributed by atoms with E-state index in [2.05, 4.69) is 6.07 Å². The van der Waals surface area contributed by atoms with E-state index >= 15 is 0 Å². The van der Waals surface area contributed by atoms with Gasteiger partial charge in [-0.3, -0.25) is 0 Å². The Balaban J connectivity index is 0.000000490. The zero-order chi connectivity index (χ0) is 5.28. The minimum atomic E-state index is 0. The Hall–Kier alpha value is -0.260. The number of hydrogen-bond acceptors (Lipinski definition) is 2. The molecule has 1 fully saturated rings. The molecule has 0 aromatic rings. The molecule has 0 unspecified atom stereocenters. The number of nitriles is 1. The highest BCUT2D eigenvalue weighted by Crippen LogP contribution is 2.35. The average molecular weight is 133 g/mol. The Labute approximate surface area is 55.1 Å². The van der Waals surface area contributed by atoms with E-state index in [0.717, 1.165) is 6.42 Å². The van der Waals surface area contributed by atoms with Gasteiger partial charge in [0, 0.05) is 0 Å². The first-order valence-electron chi connectivity index (χ1n) is 2.48. The first kappa shape index (κ1) is 7.74. The topological polar surface area (TPSA) is 49.8 Å². The van der Waals surface area contributed by atoms with Gasteiger partial charge in [-0.2, -0.15) is 5.26 Å². The van der Waals surface area contributed by atoms with Crippen LogP contribution in [0.1, 0.15) is 6.42 Å². The van der Waals surface area contributed by atoms with E-state index in [9.17, 15) is 0 Å². The SMILES string of the molecule is Cl.N#C[C@@H]1C[C@H]1CN. The van der Waals surface area contributed by atoms with Crippen molar-refractivity contribution in [2.24, 2.45) is 17.6 Å². The molecule has 0 aromatic carbocycles. The minimum Gasteiger partial charge on any atom is -0.330 e. The van der Waals surface area contributed by atoms with Gasteiger partial charge in [0.2, 0.25) is 0 Å². The lowest BCUT2D eigenvalue weighted by Crippen LogP contribution is -2.01. The molecule has 1 saturated carbocycles. The van der Waals surface area contributed by atoms with Crippen molar-refractivity contribution >= 4 is 12.4 Å². The second-order valence-electron chi connectivity index (χ2n) is 1.97. The van der Waals surface area contributed by atoms with Gasteiger partial charge in [-0.25, -0.2) is 0 Å². The van der Waals surface area contributed by atoms with Crippen molar-refractivity contribution in [2.75, 3.05) is 6.54 Å². The summed E-state index contributed by atoms with van der Waals surface area (Å²) >= 11 is 0. The molecule has 46 valence electrons. The predicted octanol–water partition coefficient (Wildman–Crippen LogP) is 0.527. The summed E-state index contributed by atoms with van der Waals surface area (Å²) in [6.45, 7) is 0.693. The molecule has 1 aliphatic carbocycles. The summed E-state index contributed by atoms with van der Waals surface area (Å²) < 4.78 is 0. The molecule has 2 nitrogen and oxygen atoms in total. The molecule has 0 aliphatic heterocycles. The fourth-order valence-electron chi connectivity index (χ4n) is 0.666. The average Bonchev–Trinajstić information content (AvgIpc) is 2.43. The van der Waals surface area contributed by atoms with Gasteiger partial charge in [0.25, 0.3) is 0 Å². The third-order valence-corrected chi connectivity index (χ3v) is 1.39. The van der Waals surface area contributed by atoms with Crippen LogP contribution in [0.5, 0.6) is 0 Å². The molecule has 2 N–H and O–H groups in total. The number of rotatable bonds is 1. The fraction of sp³-hybridized carbons (Fsp3) is 0.800. The lowest BCUT2D eigenvalue weighted by Gasteiger charge is -1.78. The normalized spacial score (nSPS) is 32.5. The molecule has 2 atom stereocenters. The number of hydrogen-bond donors (Lipinski definition) is 1. The number of nitrogens with zero attached hydrogens (tertiary/aromatic N) is 1. The van der Waals surface area contributed by atoms with Gasteiger partial charge < -0.3 is 5.73 Å². The Morgan fingerprint density at radius 1 is 1.75 bits per heavy atom. The molecule has 0 bridgehead atoms. The second-order valence-corrected chi connectivity index (χ2v) is 1.97. The van der Waals surface area contributed by atoms with Gasteiger partial charge in [0.1, 0.15) is 0 Å². The van der Waals surface area contributed by atoms with E-state index in [1.807, 2.05) is 0 Å². The highest BCUT2D eigenvalue weighted by molar-refractivity contribution is 5.85. The maximum absolute atomic E-state index is 8.20. The van der Waals surface area contributed by atoms with Crippen LogP contribution in [0.2, 0.25) is 0 Å². The molecule has 8 heavy (non-hydrogen) atoms. The van der Waals surface area contributed by atoms with Crippen LogP contribution < -0.4 is 5.73 Å². The molecule has 0 aromatic heterocycles. The van der Waals surface area contributed by atoms with Crippen LogP contribution in [0.3, 0.4) is 0 Å². The van der Waals surface area contributed by atoms with E-state index in [1.165, 1.54) is 0 Å². The highest BCUT2D eigenvalue weighted by atomic mass is 35.5. The Bertz CT molecular complexity index is 107. The summed E-state index contributed by atoms with van der Waals surface area (Å²) in [5, 5.41) is 8.20. The summed E-state index contributed by atoms with van der Waals surface area (Å²) in [4.78, 5) is 0. The summed E-state index contributed by atoms with van der Waals surface area (Å²) in [6.07, 6.45) is 1.03. The van der Waals surface area contributed by atoms with Crippen LogP contribution >= 0.6 is 12.4 Å². The minimum absolute atomic E-state index is 0. The standard InChI is InChI=1S/C5H8N2.ClH/c6-2-4-1-5(4)3-7;/h4-5H,1-2,6H2;1H/t4-,5-;/m0./s1. The predicted molar refractivity (Wildman–Crippen MR) is 33.5 cm³/mol. The van der Waals surface area contributed by atoms with Crippen molar-refractivity contribution in [3.8, 4) is 6.07 Å². The van der Waals surface area contributed by atoms with E-state index < -0.39 is 0 Å². The number of nitrogens with two attached hydrogens (primary N) is 1. The van der Waals surface area contributed by atoms with Gasteiger partial charge in [-0.15, -0.1) is 12.4 Å². The van der Waals surface area contributed by atoms with Gasteiger partial charge >= 0.3 is 0 Å². The zero-order valence-electron chi connectivity index (χ0n) is 4.50. The van der Waals surface area contributed by atoms with Crippen LogP contribution in [-0.2, 0) is 0 Å². The van der Waals surface area contributed by atoms with Crippen molar-refractivity contribution < 1.29 is 0 Å². The molecule has 0 amide bonds. The van der Waals surface area contributed by atoms with Crippen molar-refractivity contribution in [1.29, 1.82) is 5.26 Å². The van der Waals surface area contributed by atoms with Crippen LogP contribution in [0.25, 0.3) is 0 Å². The monoisotopic (exact) mass is 132 g/mol. The molecule has 0 saturated heterocycles. The van der Waals surface area contributed by atoms with Gasteiger partial charge in [-0.05, 0) is 18.9 Å². The maximum Gasteiger partial charge on any atom is 0.0659 e. The van der Waals surface area contributed by atoms with Crippen LogP contribution in [0, 0.1) is 23.2 Å². The quantitative estimate of drug-likeness (QED) is 0.566. The van der Waals surface area contributed by atoms with Gasteiger partial charge in [-0.1, -0.05) is 0 Å². The zero-order valence-corrected chi connectivity index (χ0v) is 5.32. The highest BCUT2D eigenvalue weighted by Gasteiger charge is 2.35. The van der Waals surface area contributed by atoms with E-state index in [-0.39, 0.29) is 12.4 Å². The maximum atomic E-state index is 8.20. The molecule has 0 spiro atoms. The molecule has 1 aliphatic rings. The third-order valence-electron chi connectivity index (χ3n) is 1.39. The van der Waals surface area contributed by atoms with Crippen LogP contribution in [0.4, 0.5) is 0 Å². The summed E-state index contributed by atoms with van der Waals surface area (Å²) in [5.74, 6) is 0.829. The smallest absolute Gasteiger partial charge is 0.0659 e. The summed E-state index contributed by atoms with van der Waals surface area (Å²) in [6, 6.07) is 2.16. The van der Waals surface area contributed by atoms with Gasteiger partial charge in [0.15, 0.2) is 0 Å². The Kier molecular flexibility index (Phi) is 2.81. The summed E-state index contributed by atoms with van der Waals surface area (Å²) in [5.41, 5.74) is 5.25. The Morgan fingerprint density at radius 3 is 2.50 bits per heavy atom. The van der Waals surface area contributed by atoms with E-state index in [0.29, 0.717) is 18.4 Å². The van der Waals surface area contributed by atoms with E-state index in [4.69, 9.17) is 11.0 Å².